The minimum atomic E-state index is -3.08. The summed E-state index contributed by atoms with van der Waals surface area (Å²) in [4.78, 5) is 16.7. The smallest absolute Gasteiger partial charge is 0.274 e. The number of aromatic nitrogens is 1. The Kier molecular flexibility index (Phi) is 7.55. The Labute approximate surface area is 172 Å². The molecule has 1 fully saturated rings. The molecule has 1 aliphatic heterocycles. The lowest BCUT2D eigenvalue weighted by Gasteiger charge is -2.22. The summed E-state index contributed by atoms with van der Waals surface area (Å²) in [6.45, 7) is 1.97. The van der Waals surface area contributed by atoms with Crippen molar-refractivity contribution in [2.45, 2.75) is 30.2 Å². The zero-order valence-electron chi connectivity index (χ0n) is 15.9. The van der Waals surface area contributed by atoms with Crippen molar-refractivity contribution >= 4 is 17.7 Å². The van der Waals surface area contributed by atoms with Gasteiger partial charge < -0.3 is 10.1 Å². The number of carbonyl (C=O) groups is 1. The van der Waals surface area contributed by atoms with Gasteiger partial charge in [0.25, 0.3) is 11.8 Å². The van der Waals surface area contributed by atoms with E-state index in [1.165, 1.54) is 6.20 Å². The predicted molar refractivity (Wildman–Crippen MR) is 106 cm³/mol. The van der Waals surface area contributed by atoms with Crippen molar-refractivity contribution in [1.29, 1.82) is 0 Å². The van der Waals surface area contributed by atoms with Gasteiger partial charge in [-0.2, -0.15) is 0 Å². The van der Waals surface area contributed by atoms with Gasteiger partial charge in [0, 0.05) is 43.7 Å². The molecule has 29 heavy (non-hydrogen) atoms. The third kappa shape index (κ3) is 6.21. The van der Waals surface area contributed by atoms with Crippen molar-refractivity contribution < 1.29 is 22.7 Å². The SMILES string of the molecule is O=C(NCC1CCOCC1)c1cccnc1SCCC(F)(F)c1ccc(F)cc1. The normalized spacial score (nSPS) is 15.3. The third-order valence-corrected chi connectivity index (χ3v) is 5.84. The number of ether oxygens (including phenoxy) is 1. The molecule has 1 aromatic carbocycles. The molecule has 1 amide bonds. The lowest BCUT2D eigenvalue weighted by Crippen LogP contribution is -2.32. The van der Waals surface area contributed by atoms with Gasteiger partial charge in [-0.25, -0.2) is 18.2 Å². The van der Waals surface area contributed by atoms with Gasteiger partial charge in [0.2, 0.25) is 0 Å². The molecular weight excluding hydrogens is 401 g/mol. The highest BCUT2D eigenvalue weighted by molar-refractivity contribution is 7.99. The summed E-state index contributed by atoms with van der Waals surface area (Å²) in [6.07, 6.45) is 2.92. The van der Waals surface area contributed by atoms with E-state index in [2.05, 4.69) is 10.3 Å². The number of nitrogens with zero attached hydrogens (tertiary/aromatic N) is 1. The average molecular weight is 424 g/mol. The summed E-state index contributed by atoms with van der Waals surface area (Å²) < 4.78 is 46.9. The summed E-state index contributed by atoms with van der Waals surface area (Å²) in [5, 5.41) is 3.34. The van der Waals surface area contributed by atoms with Crippen LogP contribution in [0.2, 0.25) is 0 Å². The van der Waals surface area contributed by atoms with Crippen LogP contribution in [0.25, 0.3) is 0 Å². The highest BCUT2D eigenvalue weighted by Crippen LogP contribution is 2.34. The van der Waals surface area contributed by atoms with E-state index in [0.29, 0.717) is 36.3 Å². The summed E-state index contributed by atoms with van der Waals surface area (Å²) >= 11 is 1.12. The maximum Gasteiger partial charge on any atom is 0.274 e. The van der Waals surface area contributed by atoms with E-state index in [0.717, 1.165) is 48.9 Å². The summed E-state index contributed by atoms with van der Waals surface area (Å²) in [7, 11) is 0. The minimum Gasteiger partial charge on any atom is -0.381 e. The van der Waals surface area contributed by atoms with Crippen molar-refractivity contribution in [3.8, 4) is 0 Å². The zero-order valence-corrected chi connectivity index (χ0v) is 16.7. The monoisotopic (exact) mass is 424 g/mol. The van der Waals surface area contributed by atoms with Crippen molar-refractivity contribution in [1.82, 2.24) is 10.3 Å². The quantitative estimate of drug-likeness (QED) is 0.627. The van der Waals surface area contributed by atoms with Gasteiger partial charge in [-0.3, -0.25) is 4.79 Å². The molecule has 0 aliphatic carbocycles. The minimum absolute atomic E-state index is 0.0711. The molecule has 0 radical (unpaired) electrons. The highest BCUT2D eigenvalue weighted by Gasteiger charge is 2.31. The summed E-state index contributed by atoms with van der Waals surface area (Å²) in [5.74, 6) is -3.43. The topological polar surface area (TPSA) is 51.2 Å². The zero-order chi connectivity index (χ0) is 20.7. The fourth-order valence-corrected chi connectivity index (χ4v) is 4.08. The molecular formula is C21H23F3N2O2S. The molecule has 8 heteroatoms. The molecule has 1 aromatic heterocycles. The first-order valence-electron chi connectivity index (χ1n) is 9.53. The molecule has 2 aromatic rings. The second-order valence-corrected chi connectivity index (χ2v) is 8.02. The van der Waals surface area contributed by atoms with Crippen LogP contribution in [-0.2, 0) is 10.7 Å². The van der Waals surface area contributed by atoms with E-state index in [4.69, 9.17) is 4.74 Å². The number of amides is 1. The van der Waals surface area contributed by atoms with Crippen LogP contribution in [0.15, 0.2) is 47.6 Å². The highest BCUT2D eigenvalue weighted by atomic mass is 32.2. The number of halogens is 3. The Morgan fingerprint density at radius 3 is 2.66 bits per heavy atom. The Balaban J connectivity index is 1.55. The van der Waals surface area contributed by atoms with Crippen molar-refractivity contribution in [3.05, 3.63) is 59.5 Å². The van der Waals surface area contributed by atoms with Gasteiger partial charge in [0.05, 0.1) is 5.56 Å². The van der Waals surface area contributed by atoms with E-state index in [1.54, 1.807) is 12.1 Å². The molecule has 0 saturated carbocycles. The number of benzene rings is 1. The third-order valence-electron chi connectivity index (χ3n) is 4.83. The maximum atomic E-state index is 14.3. The van der Waals surface area contributed by atoms with Gasteiger partial charge in [-0.1, -0.05) is 12.1 Å². The van der Waals surface area contributed by atoms with Crippen molar-refractivity contribution in [2.24, 2.45) is 5.92 Å². The van der Waals surface area contributed by atoms with E-state index in [1.807, 2.05) is 0 Å². The molecule has 0 spiro atoms. The fourth-order valence-electron chi connectivity index (χ4n) is 3.08. The molecule has 1 N–H and O–H groups in total. The standard InChI is InChI=1S/C21H23F3N2O2S/c22-17-5-3-16(4-6-17)21(23,24)9-13-29-20-18(2-1-10-25-20)19(27)26-14-15-7-11-28-12-8-15/h1-6,10,15H,7-9,11-14H2,(H,26,27). The number of alkyl halides is 2. The van der Waals surface area contributed by atoms with Gasteiger partial charge in [-0.05, 0) is 43.0 Å². The molecule has 2 heterocycles. The maximum absolute atomic E-state index is 14.3. The molecule has 1 saturated heterocycles. The van der Waals surface area contributed by atoms with Gasteiger partial charge in [-0.15, -0.1) is 11.8 Å². The molecule has 0 unspecified atom stereocenters. The lowest BCUT2D eigenvalue weighted by atomic mass is 10.0. The first-order chi connectivity index (χ1) is 14.0. The average Bonchev–Trinajstić information content (AvgIpc) is 2.73. The fraction of sp³-hybridized carbons (Fsp3) is 0.429. The summed E-state index contributed by atoms with van der Waals surface area (Å²) in [6, 6.07) is 7.53. The number of hydrogen-bond acceptors (Lipinski definition) is 4. The number of hydrogen-bond donors (Lipinski definition) is 1. The Morgan fingerprint density at radius 2 is 1.93 bits per heavy atom. The Bertz CT molecular complexity index is 812. The lowest BCUT2D eigenvalue weighted by molar-refractivity contribution is -0.00707. The van der Waals surface area contributed by atoms with Crippen LogP contribution in [0.3, 0.4) is 0 Å². The van der Waals surface area contributed by atoms with Crippen LogP contribution in [0, 0.1) is 11.7 Å². The Hall–Kier alpha value is -2.06. The first kappa shape index (κ1) is 21.6. The molecule has 1 aliphatic rings. The van der Waals surface area contributed by atoms with Crippen molar-refractivity contribution in [3.63, 3.8) is 0 Å². The van der Waals surface area contributed by atoms with Crippen LogP contribution < -0.4 is 5.32 Å². The molecule has 3 rings (SSSR count). The van der Waals surface area contributed by atoms with Gasteiger partial charge in [0.15, 0.2) is 0 Å². The number of pyridine rings is 1. The van der Waals surface area contributed by atoms with E-state index in [-0.39, 0.29) is 17.2 Å². The Morgan fingerprint density at radius 1 is 1.21 bits per heavy atom. The van der Waals surface area contributed by atoms with Crippen LogP contribution in [0.4, 0.5) is 13.2 Å². The van der Waals surface area contributed by atoms with Crippen LogP contribution >= 0.6 is 11.8 Å². The summed E-state index contributed by atoms with van der Waals surface area (Å²) in [5.41, 5.74) is 0.157. The van der Waals surface area contributed by atoms with Crippen LogP contribution in [0.5, 0.6) is 0 Å². The second kappa shape index (κ2) is 10.1. The van der Waals surface area contributed by atoms with Crippen molar-refractivity contribution in [2.75, 3.05) is 25.5 Å². The van der Waals surface area contributed by atoms with E-state index < -0.39 is 18.2 Å². The largest absolute Gasteiger partial charge is 0.381 e. The van der Waals surface area contributed by atoms with E-state index in [9.17, 15) is 18.0 Å². The van der Waals surface area contributed by atoms with E-state index >= 15 is 0 Å². The molecule has 0 atom stereocenters. The van der Waals surface area contributed by atoms with Crippen LogP contribution in [0.1, 0.15) is 35.2 Å². The van der Waals surface area contributed by atoms with Gasteiger partial charge >= 0.3 is 0 Å². The predicted octanol–water partition coefficient (Wildman–Crippen LogP) is 4.65. The number of rotatable bonds is 8. The first-order valence-corrected chi connectivity index (χ1v) is 10.5. The van der Waals surface area contributed by atoms with Crippen LogP contribution in [-0.4, -0.2) is 36.4 Å². The molecule has 156 valence electrons. The number of carbonyl (C=O) groups excluding carboxylic acids is 1. The van der Waals surface area contributed by atoms with Gasteiger partial charge in [0.1, 0.15) is 10.8 Å². The molecule has 0 bridgehead atoms. The molecule has 4 nitrogen and oxygen atoms in total. The number of thioether (sulfide) groups is 1. The number of nitrogens with one attached hydrogen (secondary N) is 1. The second-order valence-electron chi connectivity index (χ2n) is 6.93.